The summed E-state index contributed by atoms with van der Waals surface area (Å²) in [5.41, 5.74) is 3.20. The molecule has 0 bridgehead atoms. The third-order valence-electron chi connectivity index (χ3n) is 2.34. The monoisotopic (exact) mass is 205 g/mol. The van der Waals surface area contributed by atoms with E-state index in [1.807, 2.05) is 45.9 Å². The highest BCUT2D eigenvalue weighted by atomic mass is 16.1. The second-order valence-electron chi connectivity index (χ2n) is 4.41. The predicted molar refractivity (Wildman–Crippen MR) is 64.0 cm³/mol. The zero-order valence-electron chi connectivity index (χ0n) is 9.92. The predicted octanol–water partition coefficient (Wildman–Crippen LogP) is 3.29. The molecular weight excluding hydrogens is 186 g/mol. The summed E-state index contributed by atoms with van der Waals surface area (Å²) in [6, 6.07) is 6.03. The number of amides is 1. The number of carbonyl (C=O) groups is 1. The lowest BCUT2D eigenvalue weighted by molar-refractivity contribution is -0.116. The van der Waals surface area contributed by atoms with Gasteiger partial charge in [-0.1, -0.05) is 32.0 Å². The number of hydrogen-bond donors (Lipinski definition) is 1. The average Bonchev–Trinajstić information content (AvgIpc) is 2.10. The molecule has 1 rings (SSSR count). The molecule has 0 unspecified atom stereocenters. The second kappa shape index (κ2) is 4.96. The van der Waals surface area contributed by atoms with E-state index in [9.17, 15) is 4.79 Å². The normalized spacial score (nSPS) is 10.5. The maximum absolute atomic E-state index is 11.6. The van der Waals surface area contributed by atoms with Gasteiger partial charge in [0.05, 0.1) is 0 Å². The zero-order valence-corrected chi connectivity index (χ0v) is 9.92. The van der Waals surface area contributed by atoms with Crippen molar-refractivity contribution in [3.8, 4) is 0 Å². The van der Waals surface area contributed by atoms with Gasteiger partial charge in [-0.2, -0.15) is 0 Å². The van der Waals surface area contributed by atoms with Crippen molar-refractivity contribution in [2.75, 3.05) is 5.32 Å². The van der Waals surface area contributed by atoms with Gasteiger partial charge in [0.2, 0.25) is 5.91 Å². The minimum absolute atomic E-state index is 0.0994. The van der Waals surface area contributed by atoms with E-state index in [0.29, 0.717) is 12.3 Å². The fraction of sp³-hybridized carbons (Fsp3) is 0.462. The molecule has 1 N–H and O–H groups in total. The highest BCUT2D eigenvalue weighted by Crippen LogP contribution is 2.19. The molecule has 1 amide bonds. The van der Waals surface area contributed by atoms with Crippen molar-refractivity contribution in [2.45, 2.75) is 34.1 Å². The summed E-state index contributed by atoms with van der Waals surface area (Å²) in [6.45, 7) is 8.12. The number of para-hydroxylation sites is 1. The zero-order chi connectivity index (χ0) is 11.4. The van der Waals surface area contributed by atoms with Crippen molar-refractivity contribution in [2.24, 2.45) is 5.92 Å². The molecule has 0 aliphatic heterocycles. The lowest BCUT2D eigenvalue weighted by atomic mass is 10.1. The van der Waals surface area contributed by atoms with Crippen LogP contribution in [0.2, 0.25) is 0 Å². The lowest BCUT2D eigenvalue weighted by Gasteiger charge is -2.12. The molecule has 2 nitrogen and oxygen atoms in total. The largest absolute Gasteiger partial charge is 0.326 e. The van der Waals surface area contributed by atoms with Gasteiger partial charge in [0.25, 0.3) is 0 Å². The molecule has 1 aromatic carbocycles. The van der Waals surface area contributed by atoms with Crippen LogP contribution in [-0.4, -0.2) is 5.91 Å². The first-order valence-corrected chi connectivity index (χ1v) is 5.36. The molecule has 15 heavy (non-hydrogen) atoms. The van der Waals surface area contributed by atoms with E-state index in [2.05, 4.69) is 5.32 Å². The van der Waals surface area contributed by atoms with Gasteiger partial charge in [-0.05, 0) is 30.9 Å². The van der Waals surface area contributed by atoms with E-state index in [1.54, 1.807) is 0 Å². The molecule has 0 fully saturated rings. The molecule has 0 atom stereocenters. The third-order valence-corrected chi connectivity index (χ3v) is 2.34. The third kappa shape index (κ3) is 3.39. The summed E-state index contributed by atoms with van der Waals surface area (Å²) in [6.07, 6.45) is 0.577. The van der Waals surface area contributed by atoms with E-state index >= 15 is 0 Å². The Hall–Kier alpha value is -1.31. The Balaban J connectivity index is 2.76. The number of benzene rings is 1. The first kappa shape index (κ1) is 11.8. The second-order valence-corrected chi connectivity index (χ2v) is 4.41. The van der Waals surface area contributed by atoms with Crippen LogP contribution in [0.15, 0.2) is 18.2 Å². The molecule has 0 aliphatic carbocycles. The summed E-state index contributed by atoms with van der Waals surface area (Å²) < 4.78 is 0. The van der Waals surface area contributed by atoms with Crippen LogP contribution < -0.4 is 5.32 Å². The summed E-state index contributed by atoms with van der Waals surface area (Å²) in [5.74, 6) is 0.497. The van der Waals surface area contributed by atoms with Crippen LogP contribution in [-0.2, 0) is 4.79 Å². The van der Waals surface area contributed by atoms with Crippen LogP contribution in [0.25, 0.3) is 0 Å². The molecule has 0 radical (unpaired) electrons. The smallest absolute Gasteiger partial charge is 0.224 e. The number of anilines is 1. The molecule has 0 heterocycles. The van der Waals surface area contributed by atoms with E-state index in [4.69, 9.17) is 0 Å². The van der Waals surface area contributed by atoms with Gasteiger partial charge < -0.3 is 5.32 Å². The Morgan fingerprint density at radius 3 is 2.27 bits per heavy atom. The molecule has 82 valence electrons. The maximum atomic E-state index is 11.6. The quantitative estimate of drug-likeness (QED) is 0.806. The molecule has 1 aromatic rings. The van der Waals surface area contributed by atoms with Crippen LogP contribution in [0.3, 0.4) is 0 Å². The first-order chi connectivity index (χ1) is 7.00. The first-order valence-electron chi connectivity index (χ1n) is 5.36. The van der Waals surface area contributed by atoms with Crippen LogP contribution >= 0.6 is 0 Å². The molecule has 2 heteroatoms. The number of aryl methyl sites for hydroxylation is 2. The van der Waals surface area contributed by atoms with Crippen LogP contribution in [0, 0.1) is 19.8 Å². The van der Waals surface area contributed by atoms with Gasteiger partial charge in [-0.25, -0.2) is 0 Å². The Morgan fingerprint density at radius 1 is 1.27 bits per heavy atom. The van der Waals surface area contributed by atoms with E-state index in [-0.39, 0.29) is 5.91 Å². The fourth-order valence-corrected chi connectivity index (χ4v) is 1.57. The van der Waals surface area contributed by atoms with Crippen molar-refractivity contribution < 1.29 is 4.79 Å². The minimum atomic E-state index is 0.0994. The molecule has 0 spiro atoms. The number of carbonyl (C=O) groups excluding carboxylic acids is 1. The van der Waals surface area contributed by atoms with E-state index in [0.717, 1.165) is 16.8 Å². The molecule has 0 saturated carbocycles. The number of hydrogen-bond acceptors (Lipinski definition) is 1. The Morgan fingerprint density at radius 2 is 1.80 bits per heavy atom. The summed E-state index contributed by atoms with van der Waals surface area (Å²) in [5, 5.41) is 2.97. The standard InChI is InChI=1S/C13H19NO/c1-9(2)8-12(15)14-13-10(3)6-5-7-11(13)4/h5-7,9H,8H2,1-4H3,(H,14,15). The summed E-state index contributed by atoms with van der Waals surface area (Å²) in [4.78, 5) is 11.6. The number of nitrogens with one attached hydrogen (secondary N) is 1. The van der Waals surface area contributed by atoms with Crippen LogP contribution in [0.1, 0.15) is 31.4 Å². The van der Waals surface area contributed by atoms with E-state index in [1.165, 1.54) is 0 Å². The van der Waals surface area contributed by atoms with Crippen LogP contribution in [0.5, 0.6) is 0 Å². The van der Waals surface area contributed by atoms with Crippen molar-refractivity contribution >= 4 is 11.6 Å². The van der Waals surface area contributed by atoms with E-state index < -0.39 is 0 Å². The average molecular weight is 205 g/mol. The Bertz CT molecular complexity index is 335. The maximum Gasteiger partial charge on any atom is 0.224 e. The molecule has 0 saturated heterocycles. The molecule has 0 aromatic heterocycles. The Labute approximate surface area is 91.7 Å². The Kier molecular flexibility index (Phi) is 3.89. The van der Waals surface area contributed by atoms with Gasteiger partial charge in [-0.15, -0.1) is 0 Å². The summed E-state index contributed by atoms with van der Waals surface area (Å²) >= 11 is 0. The summed E-state index contributed by atoms with van der Waals surface area (Å²) in [7, 11) is 0. The van der Waals surface area contributed by atoms with Gasteiger partial charge >= 0.3 is 0 Å². The van der Waals surface area contributed by atoms with Gasteiger partial charge in [0.1, 0.15) is 0 Å². The van der Waals surface area contributed by atoms with Crippen molar-refractivity contribution in [3.05, 3.63) is 29.3 Å². The van der Waals surface area contributed by atoms with Gasteiger partial charge in [-0.3, -0.25) is 4.79 Å². The molecular formula is C13H19NO. The topological polar surface area (TPSA) is 29.1 Å². The van der Waals surface area contributed by atoms with Gasteiger partial charge in [0.15, 0.2) is 0 Å². The van der Waals surface area contributed by atoms with Crippen LogP contribution in [0.4, 0.5) is 5.69 Å². The molecule has 0 aliphatic rings. The van der Waals surface area contributed by atoms with Crippen molar-refractivity contribution in [3.63, 3.8) is 0 Å². The minimum Gasteiger partial charge on any atom is -0.326 e. The number of rotatable bonds is 3. The van der Waals surface area contributed by atoms with Crippen molar-refractivity contribution in [1.82, 2.24) is 0 Å². The van der Waals surface area contributed by atoms with Gasteiger partial charge in [0, 0.05) is 12.1 Å². The highest BCUT2D eigenvalue weighted by molar-refractivity contribution is 5.92. The fourth-order valence-electron chi connectivity index (χ4n) is 1.57. The SMILES string of the molecule is Cc1cccc(C)c1NC(=O)CC(C)C. The lowest BCUT2D eigenvalue weighted by Crippen LogP contribution is -2.15. The highest BCUT2D eigenvalue weighted by Gasteiger charge is 2.08. The van der Waals surface area contributed by atoms with Crippen molar-refractivity contribution in [1.29, 1.82) is 0 Å².